The minimum absolute atomic E-state index is 0.854. The van der Waals surface area contributed by atoms with Gasteiger partial charge in [-0.3, -0.25) is 0 Å². The van der Waals surface area contributed by atoms with Gasteiger partial charge in [0.05, 0.1) is 0 Å². The van der Waals surface area contributed by atoms with Gasteiger partial charge in [0.15, 0.2) is 0 Å². The summed E-state index contributed by atoms with van der Waals surface area (Å²) in [4.78, 5) is 0. The highest BCUT2D eigenvalue weighted by atomic mass is 33.1. The van der Waals surface area contributed by atoms with E-state index in [4.69, 9.17) is 13.3 Å². The maximum Gasteiger partial charge on any atom is 0.500 e. The lowest BCUT2D eigenvalue weighted by atomic mass is 10.2. The van der Waals surface area contributed by atoms with Crippen molar-refractivity contribution in [3.8, 4) is 0 Å². The first kappa shape index (κ1) is 19.0. The molecule has 0 N–H and O–H groups in total. The van der Waals surface area contributed by atoms with Gasteiger partial charge in [0, 0.05) is 39.7 Å². The molecule has 4 nitrogen and oxygen atoms in total. The van der Waals surface area contributed by atoms with E-state index in [1.54, 1.807) is 32.3 Å². The van der Waals surface area contributed by atoms with Gasteiger partial charge in [0.1, 0.15) is 0 Å². The quantitative estimate of drug-likeness (QED) is 0.263. The van der Waals surface area contributed by atoms with Crippen molar-refractivity contribution in [1.29, 1.82) is 0 Å². The Morgan fingerprint density at radius 3 is 2.24 bits per heavy atom. The van der Waals surface area contributed by atoms with Gasteiger partial charge in [-0.25, -0.2) is 4.31 Å². The molecule has 0 spiro atoms. The molecule has 0 fully saturated rings. The molecule has 0 aliphatic heterocycles. The maximum atomic E-state index is 5.41. The smallest absolute Gasteiger partial charge is 0.377 e. The minimum Gasteiger partial charge on any atom is -0.377 e. The van der Waals surface area contributed by atoms with Gasteiger partial charge in [-0.2, -0.15) is 0 Å². The third-order valence-corrected chi connectivity index (χ3v) is 8.43. The van der Waals surface area contributed by atoms with Crippen molar-refractivity contribution in [3.63, 3.8) is 0 Å². The minimum atomic E-state index is -2.39. The summed E-state index contributed by atoms with van der Waals surface area (Å²) in [5, 5.41) is 0. The van der Waals surface area contributed by atoms with Crippen molar-refractivity contribution in [2.75, 3.05) is 34.1 Å². The Kier molecular flexibility index (Phi) is 9.66. The Bertz CT molecular complexity index is 371. The number of nitrogens with zero attached hydrogens (tertiary/aromatic N) is 1. The van der Waals surface area contributed by atoms with E-state index < -0.39 is 8.80 Å². The largest absolute Gasteiger partial charge is 0.500 e. The van der Waals surface area contributed by atoms with Gasteiger partial charge in [-0.1, -0.05) is 41.1 Å². The summed E-state index contributed by atoms with van der Waals surface area (Å²) in [6.45, 7) is 0.950. The third kappa shape index (κ3) is 7.18. The Balaban J connectivity index is 2.16. The van der Waals surface area contributed by atoms with Crippen LogP contribution in [0.3, 0.4) is 0 Å². The molecule has 0 aliphatic carbocycles. The van der Waals surface area contributed by atoms with Crippen LogP contribution in [0.2, 0.25) is 6.04 Å². The summed E-state index contributed by atoms with van der Waals surface area (Å²) in [6, 6.07) is 11.3. The fourth-order valence-corrected chi connectivity index (χ4v) is 5.87. The first-order valence-corrected chi connectivity index (χ1v) is 11.1. The molecular formula is C14H25NO3S2Si. The van der Waals surface area contributed by atoms with Gasteiger partial charge < -0.3 is 13.3 Å². The Morgan fingerprint density at radius 2 is 1.67 bits per heavy atom. The van der Waals surface area contributed by atoms with Crippen LogP contribution in [0.4, 0.5) is 0 Å². The van der Waals surface area contributed by atoms with Crippen LogP contribution in [0.15, 0.2) is 30.3 Å². The van der Waals surface area contributed by atoms with Crippen LogP contribution in [0.25, 0.3) is 0 Å². The molecule has 1 aromatic carbocycles. The first-order valence-electron chi connectivity index (χ1n) is 6.86. The highest BCUT2D eigenvalue weighted by molar-refractivity contribution is 8.75. The summed E-state index contributed by atoms with van der Waals surface area (Å²) in [5.41, 5.74) is 1.33. The molecule has 0 amide bonds. The van der Waals surface area contributed by atoms with E-state index in [0.29, 0.717) is 0 Å². The van der Waals surface area contributed by atoms with E-state index in [0.717, 1.165) is 24.8 Å². The van der Waals surface area contributed by atoms with E-state index in [-0.39, 0.29) is 0 Å². The monoisotopic (exact) mass is 347 g/mol. The number of benzene rings is 1. The highest BCUT2D eigenvalue weighted by Crippen LogP contribution is 2.28. The first-order chi connectivity index (χ1) is 10.2. The molecular weight excluding hydrogens is 322 g/mol. The molecule has 0 heterocycles. The van der Waals surface area contributed by atoms with Crippen molar-refractivity contribution in [3.05, 3.63) is 35.9 Å². The predicted molar refractivity (Wildman–Crippen MR) is 94.2 cm³/mol. The predicted octanol–water partition coefficient (Wildman–Crippen LogP) is 3.68. The van der Waals surface area contributed by atoms with E-state index in [9.17, 15) is 0 Å². The standard InChI is InChI=1S/C14H25NO3S2Si/c1-15(13-14-9-6-5-7-10-14)20-19-11-8-12-21(16-2,17-3)18-4/h5-7,9-10H,8,11-13H2,1-4H3. The average molecular weight is 348 g/mol. The molecule has 0 bridgehead atoms. The van der Waals surface area contributed by atoms with Crippen LogP contribution < -0.4 is 0 Å². The Hall–Kier alpha value is -0.0231. The molecule has 120 valence electrons. The maximum absolute atomic E-state index is 5.41. The molecule has 0 aliphatic rings. The lowest BCUT2D eigenvalue weighted by molar-refractivity contribution is 0.123. The second-order valence-electron chi connectivity index (χ2n) is 4.57. The summed E-state index contributed by atoms with van der Waals surface area (Å²) in [5.74, 6) is 1.05. The van der Waals surface area contributed by atoms with E-state index >= 15 is 0 Å². The fourth-order valence-electron chi connectivity index (χ4n) is 1.90. The Morgan fingerprint density at radius 1 is 1.05 bits per heavy atom. The molecule has 0 saturated heterocycles. The summed E-state index contributed by atoms with van der Waals surface area (Å²) < 4.78 is 18.5. The van der Waals surface area contributed by atoms with Crippen molar-refractivity contribution in [2.24, 2.45) is 0 Å². The van der Waals surface area contributed by atoms with Crippen LogP contribution in [0.5, 0.6) is 0 Å². The highest BCUT2D eigenvalue weighted by Gasteiger charge is 2.36. The van der Waals surface area contributed by atoms with E-state index in [1.165, 1.54) is 5.56 Å². The van der Waals surface area contributed by atoms with Gasteiger partial charge in [-0.15, -0.1) is 0 Å². The molecule has 1 aromatic rings. The normalized spacial score (nSPS) is 12.0. The fraction of sp³-hybridized carbons (Fsp3) is 0.571. The molecule has 0 aromatic heterocycles. The van der Waals surface area contributed by atoms with Crippen molar-refractivity contribution < 1.29 is 13.3 Å². The second kappa shape index (κ2) is 10.7. The second-order valence-corrected chi connectivity index (χ2v) is 10.2. The number of hydrogen-bond acceptors (Lipinski definition) is 6. The average Bonchev–Trinajstić information content (AvgIpc) is 2.52. The topological polar surface area (TPSA) is 30.9 Å². The SMILES string of the molecule is CO[Si](CCCSSN(C)Cc1ccccc1)(OC)OC. The van der Waals surface area contributed by atoms with Crippen molar-refractivity contribution >= 4 is 30.6 Å². The van der Waals surface area contributed by atoms with Crippen molar-refractivity contribution in [2.45, 2.75) is 19.0 Å². The zero-order valence-electron chi connectivity index (χ0n) is 13.2. The van der Waals surface area contributed by atoms with Crippen molar-refractivity contribution in [1.82, 2.24) is 4.31 Å². The molecule has 0 radical (unpaired) electrons. The number of hydrogen-bond donors (Lipinski definition) is 0. The summed E-state index contributed by atoms with van der Waals surface area (Å²) in [6.07, 6.45) is 1.03. The van der Waals surface area contributed by atoms with E-state index in [2.05, 4.69) is 35.6 Å². The zero-order valence-corrected chi connectivity index (χ0v) is 15.8. The Labute approximate surface area is 137 Å². The lowest BCUT2D eigenvalue weighted by Gasteiger charge is -2.24. The number of rotatable bonds is 11. The summed E-state index contributed by atoms with van der Waals surface area (Å²) in [7, 11) is 8.35. The van der Waals surface area contributed by atoms with E-state index in [1.807, 2.05) is 16.9 Å². The molecule has 0 unspecified atom stereocenters. The van der Waals surface area contributed by atoms with Crippen LogP contribution in [0.1, 0.15) is 12.0 Å². The van der Waals surface area contributed by atoms with Gasteiger partial charge in [-0.05, 0) is 30.0 Å². The van der Waals surface area contributed by atoms with Crippen LogP contribution in [0, 0.1) is 0 Å². The van der Waals surface area contributed by atoms with Gasteiger partial charge in [0.2, 0.25) is 0 Å². The van der Waals surface area contributed by atoms with Gasteiger partial charge in [0.25, 0.3) is 0 Å². The van der Waals surface area contributed by atoms with Gasteiger partial charge >= 0.3 is 8.80 Å². The van der Waals surface area contributed by atoms with Crippen LogP contribution in [-0.4, -0.2) is 47.2 Å². The zero-order chi connectivity index (χ0) is 15.6. The molecule has 21 heavy (non-hydrogen) atoms. The molecule has 7 heteroatoms. The summed E-state index contributed by atoms with van der Waals surface area (Å²) >= 11 is 0. The molecule has 1 rings (SSSR count). The van der Waals surface area contributed by atoms with Crippen LogP contribution in [-0.2, 0) is 19.8 Å². The third-order valence-electron chi connectivity index (χ3n) is 3.07. The van der Waals surface area contributed by atoms with Crippen LogP contribution >= 0.6 is 21.8 Å². The molecule has 0 atom stereocenters. The lowest BCUT2D eigenvalue weighted by Crippen LogP contribution is -2.42. The molecule has 0 saturated carbocycles.